The van der Waals surface area contributed by atoms with Crippen molar-refractivity contribution in [1.82, 2.24) is 29.4 Å². The highest BCUT2D eigenvalue weighted by Gasteiger charge is 2.23. The van der Waals surface area contributed by atoms with Crippen LogP contribution in [0.25, 0.3) is 16.9 Å². The van der Waals surface area contributed by atoms with Gasteiger partial charge in [-0.05, 0) is 12.8 Å². The third-order valence-corrected chi connectivity index (χ3v) is 4.52. The lowest BCUT2D eigenvalue weighted by atomic mass is 10.1. The Morgan fingerprint density at radius 2 is 2.19 bits per heavy atom. The fourth-order valence-corrected chi connectivity index (χ4v) is 3.24. The highest BCUT2D eigenvalue weighted by molar-refractivity contribution is 6.29. The number of rotatable bonds is 3. The van der Waals surface area contributed by atoms with E-state index in [9.17, 15) is 4.79 Å². The van der Waals surface area contributed by atoms with Gasteiger partial charge in [-0.1, -0.05) is 11.6 Å². The van der Waals surface area contributed by atoms with Crippen LogP contribution in [0.15, 0.2) is 31.0 Å². The molecule has 1 saturated heterocycles. The molecule has 1 atom stereocenters. The van der Waals surface area contributed by atoms with E-state index in [4.69, 9.17) is 16.7 Å². The average molecular weight is 374 g/mol. The lowest BCUT2D eigenvalue weighted by Gasteiger charge is -2.31. The third kappa shape index (κ3) is 3.25. The molecule has 0 unspecified atom stereocenters. The Morgan fingerprint density at radius 1 is 1.31 bits per heavy atom. The van der Waals surface area contributed by atoms with Crippen molar-refractivity contribution in [3.05, 3.63) is 36.1 Å². The van der Waals surface area contributed by atoms with Gasteiger partial charge in [0.2, 0.25) is 0 Å². The number of amides is 1. The molecule has 0 aliphatic carbocycles. The summed E-state index contributed by atoms with van der Waals surface area (Å²) < 4.78 is 1.78. The van der Waals surface area contributed by atoms with Crippen molar-refractivity contribution < 1.29 is 9.90 Å². The Labute approximate surface area is 153 Å². The summed E-state index contributed by atoms with van der Waals surface area (Å²) >= 11 is 5.98. The summed E-state index contributed by atoms with van der Waals surface area (Å²) in [6, 6.07) is 1.72. The second-order valence-electron chi connectivity index (χ2n) is 6.08. The van der Waals surface area contributed by atoms with Crippen molar-refractivity contribution in [1.29, 1.82) is 0 Å². The van der Waals surface area contributed by atoms with E-state index >= 15 is 0 Å². The van der Waals surface area contributed by atoms with Gasteiger partial charge in [0, 0.05) is 25.2 Å². The van der Waals surface area contributed by atoms with Crippen LogP contribution in [0.3, 0.4) is 0 Å². The number of pyridine rings is 1. The van der Waals surface area contributed by atoms with Crippen LogP contribution in [0.5, 0.6) is 0 Å². The normalized spacial score (nSPS) is 17.4. The molecular weight excluding hydrogens is 358 g/mol. The van der Waals surface area contributed by atoms with Crippen LogP contribution >= 0.6 is 11.6 Å². The molecule has 1 fully saturated rings. The van der Waals surface area contributed by atoms with Crippen LogP contribution in [0.4, 0.5) is 10.6 Å². The summed E-state index contributed by atoms with van der Waals surface area (Å²) in [4.78, 5) is 29.7. The van der Waals surface area contributed by atoms with Gasteiger partial charge in [0.05, 0.1) is 24.1 Å². The molecule has 0 aromatic carbocycles. The standard InChI is InChI=1S/C16H16ClN7O2/c17-13-4-12-11(5-19-13)20-9-24(12)15-7-18-6-14(22-15)21-10-2-1-3-23(8-10)16(25)26/h4-7,9-10H,1-3,8H2,(H,21,22)(H,25,26)/t10-/m1/s1. The second kappa shape index (κ2) is 6.75. The van der Waals surface area contributed by atoms with E-state index in [1.165, 1.54) is 4.90 Å². The predicted octanol–water partition coefficient (Wildman–Crippen LogP) is 2.42. The minimum absolute atomic E-state index is 0.00239. The van der Waals surface area contributed by atoms with E-state index in [0.717, 1.165) is 18.4 Å². The van der Waals surface area contributed by atoms with Crippen molar-refractivity contribution in [3.63, 3.8) is 0 Å². The van der Waals surface area contributed by atoms with Gasteiger partial charge in [-0.2, -0.15) is 0 Å². The number of fused-ring (bicyclic) bond motifs is 1. The maximum absolute atomic E-state index is 11.2. The fraction of sp³-hybridized carbons (Fsp3) is 0.312. The molecule has 4 rings (SSSR count). The Morgan fingerprint density at radius 3 is 3.04 bits per heavy atom. The zero-order valence-corrected chi connectivity index (χ0v) is 14.5. The maximum atomic E-state index is 11.2. The quantitative estimate of drug-likeness (QED) is 0.678. The molecular formula is C16H16ClN7O2. The zero-order valence-electron chi connectivity index (χ0n) is 13.7. The number of imidazole rings is 1. The average Bonchev–Trinajstić information content (AvgIpc) is 3.05. The van der Waals surface area contributed by atoms with Crippen molar-refractivity contribution in [2.24, 2.45) is 0 Å². The first-order valence-electron chi connectivity index (χ1n) is 8.15. The summed E-state index contributed by atoms with van der Waals surface area (Å²) in [6.07, 6.45) is 7.29. The first-order chi connectivity index (χ1) is 12.6. The zero-order chi connectivity index (χ0) is 18.1. The van der Waals surface area contributed by atoms with Gasteiger partial charge in [0.25, 0.3) is 0 Å². The van der Waals surface area contributed by atoms with E-state index < -0.39 is 6.09 Å². The molecule has 0 saturated carbocycles. The van der Waals surface area contributed by atoms with Crippen LogP contribution in [-0.4, -0.2) is 59.7 Å². The highest BCUT2D eigenvalue weighted by atomic mass is 35.5. The summed E-state index contributed by atoms with van der Waals surface area (Å²) in [5.74, 6) is 1.17. The Hall–Kier alpha value is -2.94. The molecule has 0 spiro atoms. The van der Waals surface area contributed by atoms with Crippen LogP contribution in [0.1, 0.15) is 12.8 Å². The molecule has 0 bridgehead atoms. The van der Waals surface area contributed by atoms with Gasteiger partial charge in [-0.15, -0.1) is 0 Å². The molecule has 10 heteroatoms. The first kappa shape index (κ1) is 16.5. The number of likely N-dealkylation sites (tertiary alicyclic amines) is 1. The number of piperidine rings is 1. The van der Waals surface area contributed by atoms with Crippen molar-refractivity contribution >= 4 is 34.5 Å². The van der Waals surface area contributed by atoms with Crippen LogP contribution in [-0.2, 0) is 0 Å². The summed E-state index contributed by atoms with van der Waals surface area (Å²) in [5.41, 5.74) is 1.49. The molecule has 3 aromatic heterocycles. The molecule has 1 aliphatic heterocycles. The molecule has 26 heavy (non-hydrogen) atoms. The van der Waals surface area contributed by atoms with E-state index in [1.54, 1.807) is 35.6 Å². The number of carbonyl (C=O) groups is 1. The van der Waals surface area contributed by atoms with Gasteiger partial charge in [0.15, 0.2) is 5.82 Å². The number of halogens is 1. The van der Waals surface area contributed by atoms with Crippen LogP contribution < -0.4 is 5.32 Å². The van der Waals surface area contributed by atoms with E-state index in [-0.39, 0.29) is 6.04 Å². The molecule has 1 amide bonds. The van der Waals surface area contributed by atoms with Gasteiger partial charge in [0.1, 0.15) is 22.8 Å². The molecule has 0 radical (unpaired) electrons. The SMILES string of the molecule is O=C(O)N1CCC[C@@H](Nc2cncc(-n3cnc4cnc(Cl)cc43)n2)C1. The summed E-state index contributed by atoms with van der Waals surface area (Å²) in [7, 11) is 0. The first-order valence-corrected chi connectivity index (χ1v) is 8.53. The second-order valence-corrected chi connectivity index (χ2v) is 6.47. The van der Waals surface area contributed by atoms with Crippen molar-refractivity contribution in [2.45, 2.75) is 18.9 Å². The molecule has 9 nitrogen and oxygen atoms in total. The van der Waals surface area contributed by atoms with E-state index in [1.807, 2.05) is 0 Å². The number of nitrogens with one attached hydrogen (secondary N) is 1. The Balaban J connectivity index is 1.58. The fourth-order valence-electron chi connectivity index (χ4n) is 3.09. The minimum atomic E-state index is -0.897. The van der Waals surface area contributed by atoms with Gasteiger partial charge >= 0.3 is 6.09 Å². The largest absolute Gasteiger partial charge is 0.465 e. The number of nitrogens with zero attached hydrogens (tertiary/aromatic N) is 6. The monoisotopic (exact) mass is 373 g/mol. The highest BCUT2D eigenvalue weighted by Crippen LogP contribution is 2.20. The van der Waals surface area contributed by atoms with Gasteiger partial charge in [-0.3, -0.25) is 9.55 Å². The molecule has 2 N–H and O–H groups in total. The van der Waals surface area contributed by atoms with Crippen molar-refractivity contribution in [3.8, 4) is 5.82 Å². The minimum Gasteiger partial charge on any atom is -0.465 e. The summed E-state index contributed by atoms with van der Waals surface area (Å²) in [5, 5.41) is 12.8. The van der Waals surface area contributed by atoms with Crippen molar-refractivity contribution in [2.75, 3.05) is 18.4 Å². The molecule has 3 aromatic rings. The Kier molecular flexibility index (Phi) is 4.29. The lowest BCUT2D eigenvalue weighted by molar-refractivity contribution is 0.133. The predicted molar refractivity (Wildman–Crippen MR) is 95.7 cm³/mol. The van der Waals surface area contributed by atoms with Crippen LogP contribution in [0.2, 0.25) is 5.15 Å². The summed E-state index contributed by atoms with van der Waals surface area (Å²) in [6.45, 7) is 0.992. The smallest absolute Gasteiger partial charge is 0.407 e. The number of carboxylic acid groups (broad SMARTS) is 1. The van der Waals surface area contributed by atoms with Gasteiger partial charge < -0.3 is 15.3 Å². The van der Waals surface area contributed by atoms with Crippen LogP contribution in [0, 0.1) is 0 Å². The molecule has 134 valence electrons. The molecule has 4 heterocycles. The number of anilines is 1. The van der Waals surface area contributed by atoms with Gasteiger partial charge in [-0.25, -0.2) is 19.7 Å². The third-order valence-electron chi connectivity index (χ3n) is 4.31. The maximum Gasteiger partial charge on any atom is 0.407 e. The van der Waals surface area contributed by atoms with E-state index in [0.29, 0.717) is 35.4 Å². The van der Waals surface area contributed by atoms with E-state index in [2.05, 4.69) is 25.3 Å². The number of hydrogen-bond donors (Lipinski definition) is 2. The topological polar surface area (TPSA) is 109 Å². The molecule has 1 aliphatic rings. The Bertz CT molecular complexity index is 961. The number of aromatic nitrogens is 5. The number of hydrogen-bond acceptors (Lipinski definition) is 6. The lowest BCUT2D eigenvalue weighted by Crippen LogP contribution is -2.44.